The summed E-state index contributed by atoms with van der Waals surface area (Å²) in [5.41, 5.74) is 0.735. The molecular formula is C12H18BrN3OS. The molecule has 1 amide bonds. The number of halogens is 1. The zero-order valence-corrected chi connectivity index (χ0v) is 13.1. The van der Waals surface area contributed by atoms with Crippen molar-refractivity contribution in [3.8, 4) is 0 Å². The first-order valence-electron chi connectivity index (χ1n) is 5.97. The Labute approximate surface area is 120 Å². The molecule has 0 spiro atoms. The average Bonchev–Trinajstić information content (AvgIpc) is 2.77. The molecule has 100 valence electrons. The van der Waals surface area contributed by atoms with Gasteiger partial charge in [-0.1, -0.05) is 0 Å². The number of rotatable bonds is 3. The van der Waals surface area contributed by atoms with Crippen molar-refractivity contribution in [2.24, 2.45) is 0 Å². The van der Waals surface area contributed by atoms with Gasteiger partial charge in [-0.15, -0.1) is 11.3 Å². The van der Waals surface area contributed by atoms with Gasteiger partial charge in [0.15, 0.2) is 0 Å². The first kappa shape index (κ1) is 14.0. The molecule has 1 aromatic heterocycles. The second kappa shape index (κ2) is 6.14. The lowest BCUT2D eigenvalue weighted by Crippen LogP contribution is -2.54. The highest BCUT2D eigenvalue weighted by Gasteiger charge is 2.22. The first-order chi connectivity index (χ1) is 8.56. The van der Waals surface area contributed by atoms with Gasteiger partial charge < -0.3 is 10.2 Å². The summed E-state index contributed by atoms with van der Waals surface area (Å²) in [6, 6.07) is 2.26. The van der Waals surface area contributed by atoms with Gasteiger partial charge in [-0.2, -0.15) is 0 Å². The molecule has 1 atom stereocenters. The zero-order valence-electron chi connectivity index (χ0n) is 10.6. The summed E-state index contributed by atoms with van der Waals surface area (Å²) < 4.78 is 0.988. The van der Waals surface area contributed by atoms with Crippen molar-refractivity contribution in [3.63, 3.8) is 0 Å². The topological polar surface area (TPSA) is 35.6 Å². The van der Waals surface area contributed by atoms with Gasteiger partial charge in [0.05, 0.1) is 9.35 Å². The number of nitrogens with zero attached hydrogens (tertiary/aromatic N) is 2. The Bertz CT molecular complexity index is 423. The van der Waals surface area contributed by atoms with Gasteiger partial charge in [-0.25, -0.2) is 0 Å². The van der Waals surface area contributed by atoms with Crippen LogP contribution in [0.1, 0.15) is 10.4 Å². The van der Waals surface area contributed by atoms with E-state index in [0.717, 1.165) is 29.0 Å². The smallest absolute Gasteiger partial charge is 0.252 e. The lowest BCUT2D eigenvalue weighted by molar-refractivity contribution is 0.0881. The summed E-state index contributed by atoms with van der Waals surface area (Å²) >= 11 is 4.90. The van der Waals surface area contributed by atoms with Gasteiger partial charge >= 0.3 is 0 Å². The van der Waals surface area contributed by atoms with E-state index in [1.807, 2.05) is 11.4 Å². The molecule has 1 N–H and O–H groups in total. The number of piperazine rings is 1. The molecule has 2 heterocycles. The fraction of sp³-hybridized carbons (Fsp3) is 0.583. The monoisotopic (exact) mass is 331 g/mol. The number of nitrogens with one attached hydrogen (secondary N) is 1. The van der Waals surface area contributed by atoms with E-state index in [2.05, 4.69) is 45.1 Å². The predicted octanol–water partition coefficient (Wildman–Crippen LogP) is 1.49. The molecule has 18 heavy (non-hydrogen) atoms. The number of carbonyl (C=O) groups is 1. The molecule has 1 fully saturated rings. The number of thiophene rings is 1. The number of likely N-dealkylation sites (N-methyl/N-ethyl adjacent to an activating group) is 2. The summed E-state index contributed by atoms with van der Waals surface area (Å²) in [4.78, 5) is 16.5. The van der Waals surface area contributed by atoms with Crippen LogP contribution in [0.4, 0.5) is 0 Å². The van der Waals surface area contributed by atoms with Crippen molar-refractivity contribution in [2.45, 2.75) is 6.04 Å². The minimum atomic E-state index is 0.0126. The van der Waals surface area contributed by atoms with Crippen LogP contribution in [0.15, 0.2) is 15.2 Å². The Kier molecular flexibility index (Phi) is 4.77. The Balaban J connectivity index is 1.85. The van der Waals surface area contributed by atoms with Gasteiger partial charge in [0.2, 0.25) is 0 Å². The maximum atomic E-state index is 11.9. The van der Waals surface area contributed by atoms with Crippen LogP contribution in [0.5, 0.6) is 0 Å². The molecule has 0 saturated carbocycles. The number of hydrogen-bond acceptors (Lipinski definition) is 4. The molecule has 0 bridgehead atoms. The van der Waals surface area contributed by atoms with Crippen LogP contribution in [-0.2, 0) is 0 Å². The van der Waals surface area contributed by atoms with Crippen molar-refractivity contribution in [1.82, 2.24) is 15.1 Å². The highest BCUT2D eigenvalue weighted by Crippen LogP contribution is 2.20. The third-order valence-electron chi connectivity index (χ3n) is 3.31. The second-order valence-electron chi connectivity index (χ2n) is 4.75. The van der Waals surface area contributed by atoms with Crippen molar-refractivity contribution in [1.29, 1.82) is 0 Å². The van der Waals surface area contributed by atoms with Crippen molar-refractivity contribution in [2.75, 3.05) is 40.3 Å². The lowest BCUT2D eigenvalue weighted by atomic mass is 10.2. The van der Waals surface area contributed by atoms with Crippen LogP contribution < -0.4 is 5.32 Å². The van der Waals surface area contributed by atoms with E-state index in [4.69, 9.17) is 0 Å². The molecule has 4 nitrogen and oxygen atoms in total. The van der Waals surface area contributed by atoms with Crippen LogP contribution in [0.2, 0.25) is 0 Å². The lowest BCUT2D eigenvalue weighted by Gasteiger charge is -2.37. The number of amides is 1. The molecule has 1 aliphatic rings. The van der Waals surface area contributed by atoms with Gasteiger partial charge in [0, 0.05) is 37.6 Å². The Morgan fingerprint density at radius 1 is 1.56 bits per heavy atom. The van der Waals surface area contributed by atoms with Gasteiger partial charge in [-0.3, -0.25) is 9.69 Å². The number of carbonyl (C=O) groups excluding carboxylic acids is 1. The van der Waals surface area contributed by atoms with Crippen LogP contribution in [0.25, 0.3) is 0 Å². The molecule has 1 saturated heterocycles. The van der Waals surface area contributed by atoms with Crippen LogP contribution in [0, 0.1) is 0 Å². The van der Waals surface area contributed by atoms with E-state index in [9.17, 15) is 4.79 Å². The van der Waals surface area contributed by atoms with Gasteiger partial charge in [0.1, 0.15) is 0 Å². The van der Waals surface area contributed by atoms with Crippen molar-refractivity contribution in [3.05, 3.63) is 20.8 Å². The average molecular weight is 332 g/mol. The summed E-state index contributed by atoms with van der Waals surface area (Å²) in [5, 5.41) is 4.88. The van der Waals surface area contributed by atoms with Crippen LogP contribution in [-0.4, -0.2) is 62.0 Å². The Morgan fingerprint density at radius 2 is 2.33 bits per heavy atom. The standard InChI is InChI=1S/C12H18BrN3OS/c1-15-3-4-16(2)10(7-15)6-14-12(17)9-5-11(13)18-8-9/h5,8,10H,3-4,6-7H2,1-2H3,(H,14,17). The summed E-state index contributed by atoms with van der Waals surface area (Å²) in [7, 11) is 4.24. The molecule has 0 aromatic carbocycles. The fourth-order valence-corrected chi connectivity index (χ4v) is 3.20. The van der Waals surface area contributed by atoms with E-state index in [1.54, 1.807) is 0 Å². The highest BCUT2D eigenvalue weighted by molar-refractivity contribution is 9.11. The zero-order chi connectivity index (χ0) is 13.1. The van der Waals surface area contributed by atoms with Gasteiger partial charge in [-0.05, 0) is 36.1 Å². The van der Waals surface area contributed by atoms with Crippen molar-refractivity contribution < 1.29 is 4.79 Å². The third-order valence-corrected chi connectivity index (χ3v) is 4.81. The van der Waals surface area contributed by atoms with Gasteiger partial charge in [0.25, 0.3) is 5.91 Å². The summed E-state index contributed by atoms with van der Waals surface area (Å²) in [5.74, 6) is 0.0126. The van der Waals surface area contributed by atoms with E-state index >= 15 is 0 Å². The summed E-state index contributed by atoms with van der Waals surface area (Å²) in [6.07, 6.45) is 0. The van der Waals surface area contributed by atoms with E-state index < -0.39 is 0 Å². The molecule has 0 aliphatic carbocycles. The molecule has 1 aliphatic heterocycles. The molecule has 1 aromatic rings. The predicted molar refractivity (Wildman–Crippen MR) is 78.3 cm³/mol. The normalized spacial score (nSPS) is 22.1. The minimum absolute atomic E-state index is 0.0126. The largest absolute Gasteiger partial charge is 0.350 e. The number of hydrogen-bond donors (Lipinski definition) is 1. The Morgan fingerprint density at radius 3 is 3.00 bits per heavy atom. The van der Waals surface area contributed by atoms with Crippen molar-refractivity contribution >= 4 is 33.2 Å². The molecule has 6 heteroatoms. The molecule has 1 unspecified atom stereocenters. The quantitative estimate of drug-likeness (QED) is 0.911. The second-order valence-corrected chi connectivity index (χ2v) is 7.04. The third kappa shape index (κ3) is 3.54. The molecule has 0 radical (unpaired) electrons. The maximum Gasteiger partial charge on any atom is 0.252 e. The van der Waals surface area contributed by atoms with E-state index in [1.165, 1.54) is 11.3 Å². The van der Waals surface area contributed by atoms with Crippen LogP contribution in [0.3, 0.4) is 0 Å². The SMILES string of the molecule is CN1CCN(C)C(CNC(=O)c2csc(Br)c2)C1. The molecule has 2 rings (SSSR count). The fourth-order valence-electron chi connectivity index (χ4n) is 2.06. The highest BCUT2D eigenvalue weighted by atomic mass is 79.9. The van der Waals surface area contributed by atoms with E-state index in [-0.39, 0.29) is 5.91 Å². The summed E-state index contributed by atoms with van der Waals surface area (Å²) in [6.45, 7) is 3.86. The minimum Gasteiger partial charge on any atom is -0.350 e. The first-order valence-corrected chi connectivity index (χ1v) is 7.64. The molecular weight excluding hydrogens is 314 g/mol. The van der Waals surface area contributed by atoms with Crippen LogP contribution >= 0.6 is 27.3 Å². The Hall–Kier alpha value is -0.430. The van der Waals surface area contributed by atoms with E-state index in [0.29, 0.717) is 12.6 Å². The maximum absolute atomic E-state index is 11.9.